The molecule has 1 N–H and O–H groups in total. The van der Waals surface area contributed by atoms with E-state index in [1.54, 1.807) is 42.5 Å². The smallest absolute Gasteiger partial charge is 0.264 e. The quantitative estimate of drug-likeness (QED) is 0.212. The third-order valence-electron chi connectivity index (χ3n) is 6.75. The first-order valence-corrected chi connectivity index (χ1v) is 15.6. The monoisotopic (exact) mass is 603 g/mol. The number of nitrogens with one attached hydrogen (secondary N) is 1. The highest BCUT2D eigenvalue weighted by atomic mass is 35.5. The van der Waals surface area contributed by atoms with Crippen LogP contribution in [0.4, 0.5) is 5.69 Å². The number of para-hydroxylation sites is 1. The zero-order chi connectivity index (χ0) is 30.0. The minimum absolute atomic E-state index is 0.0221. The zero-order valence-electron chi connectivity index (χ0n) is 23.4. The topological polar surface area (TPSA) is 86.8 Å². The number of rotatable bonds is 13. The van der Waals surface area contributed by atoms with Crippen molar-refractivity contribution >= 4 is 39.1 Å². The number of carbonyl (C=O) groups is 2. The van der Waals surface area contributed by atoms with Crippen LogP contribution >= 0.6 is 11.6 Å². The van der Waals surface area contributed by atoms with Crippen LogP contribution in [0.5, 0.6) is 0 Å². The molecule has 7 nitrogen and oxygen atoms in total. The van der Waals surface area contributed by atoms with E-state index in [4.69, 9.17) is 11.6 Å². The van der Waals surface area contributed by atoms with E-state index >= 15 is 0 Å². The lowest BCUT2D eigenvalue weighted by Crippen LogP contribution is -2.53. The summed E-state index contributed by atoms with van der Waals surface area (Å²) >= 11 is 6.49. The fourth-order valence-corrected chi connectivity index (χ4v) is 6.33. The maximum absolute atomic E-state index is 14.3. The summed E-state index contributed by atoms with van der Waals surface area (Å²) in [6.07, 6.45) is 0.985. The van der Waals surface area contributed by atoms with Gasteiger partial charge in [-0.2, -0.15) is 0 Å². The maximum atomic E-state index is 14.3. The van der Waals surface area contributed by atoms with E-state index in [2.05, 4.69) is 5.32 Å². The highest BCUT2D eigenvalue weighted by Crippen LogP contribution is 2.31. The molecular weight excluding hydrogens is 570 g/mol. The van der Waals surface area contributed by atoms with Crippen LogP contribution in [-0.4, -0.2) is 44.3 Å². The first kappa shape index (κ1) is 30.8. The molecule has 1 unspecified atom stereocenters. The highest BCUT2D eigenvalue weighted by molar-refractivity contribution is 7.92. The number of anilines is 1. The molecule has 4 rings (SSSR count). The van der Waals surface area contributed by atoms with Crippen molar-refractivity contribution in [3.63, 3.8) is 0 Å². The number of carbonyl (C=O) groups excluding carboxylic acids is 2. The maximum Gasteiger partial charge on any atom is 0.264 e. The van der Waals surface area contributed by atoms with E-state index in [0.29, 0.717) is 6.54 Å². The molecule has 0 aliphatic rings. The summed E-state index contributed by atoms with van der Waals surface area (Å²) in [7, 11) is -4.20. The summed E-state index contributed by atoms with van der Waals surface area (Å²) in [6.45, 7) is 1.96. The minimum atomic E-state index is -4.20. The molecule has 0 fully saturated rings. The van der Waals surface area contributed by atoms with Gasteiger partial charge in [0.05, 0.1) is 15.6 Å². The van der Waals surface area contributed by atoms with Crippen molar-refractivity contribution in [3.05, 3.63) is 131 Å². The Morgan fingerprint density at radius 1 is 0.786 bits per heavy atom. The molecule has 4 aromatic carbocycles. The van der Waals surface area contributed by atoms with Crippen molar-refractivity contribution in [2.45, 2.75) is 37.2 Å². The average molecular weight is 604 g/mol. The summed E-state index contributed by atoms with van der Waals surface area (Å²) in [4.78, 5) is 29.4. The van der Waals surface area contributed by atoms with Crippen LogP contribution in [0.2, 0.25) is 5.02 Å². The molecule has 0 aromatic heterocycles. The molecule has 0 spiro atoms. The van der Waals surface area contributed by atoms with E-state index in [-0.39, 0.29) is 34.5 Å². The van der Waals surface area contributed by atoms with Crippen LogP contribution < -0.4 is 9.62 Å². The molecule has 4 aromatic rings. The van der Waals surface area contributed by atoms with Crippen LogP contribution in [0.15, 0.2) is 120 Å². The largest absolute Gasteiger partial charge is 0.354 e. The second-order valence-corrected chi connectivity index (χ2v) is 12.0. The van der Waals surface area contributed by atoms with Gasteiger partial charge in [0.15, 0.2) is 0 Å². The first-order valence-electron chi connectivity index (χ1n) is 13.8. The van der Waals surface area contributed by atoms with Gasteiger partial charge in [0, 0.05) is 19.5 Å². The molecule has 0 saturated heterocycles. The predicted octanol–water partition coefficient (Wildman–Crippen LogP) is 5.70. The summed E-state index contributed by atoms with van der Waals surface area (Å²) < 4.78 is 28.9. The summed E-state index contributed by atoms with van der Waals surface area (Å²) in [6, 6.07) is 32.3. The number of sulfonamides is 1. The molecule has 2 amide bonds. The molecule has 0 aliphatic heterocycles. The third kappa shape index (κ3) is 7.78. The van der Waals surface area contributed by atoms with Crippen LogP contribution in [-0.2, 0) is 32.6 Å². The van der Waals surface area contributed by atoms with E-state index in [9.17, 15) is 18.0 Å². The van der Waals surface area contributed by atoms with Gasteiger partial charge in [-0.1, -0.05) is 110 Å². The molecule has 42 heavy (non-hydrogen) atoms. The summed E-state index contributed by atoms with van der Waals surface area (Å²) in [5.41, 5.74) is 1.85. The van der Waals surface area contributed by atoms with Crippen molar-refractivity contribution in [1.29, 1.82) is 0 Å². The van der Waals surface area contributed by atoms with Gasteiger partial charge in [0.25, 0.3) is 10.0 Å². The molecule has 0 radical (unpaired) electrons. The Bertz CT molecular complexity index is 1570. The normalized spacial score (nSPS) is 11.9. The van der Waals surface area contributed by atoms with Crippen LogP contribution in [0.3, 0.4) is 0 Å². The number of benzene rings is 4. The first-order chi connectivity index (χ1) is 20.3. The number of halogens is 1. The highest BCUT2D eigenvalue weighted by Gasteiger charge is 2.35. The number of hydrogen-bond acceptors (Lipinski definition) is 4. The van der Waals surface area contributed by atoms with Gasteiger partial charge in [-0.25, -0.2) is 8.42 Å². The van der Waals surface area contributed by atoms with Gasteiger partial charge in [-0.3, -0.25) is 13.9 Å². The number of nitrogens with zero attached hydrogens (tertiary/aromatic N) is 2. The van der Waals surface area contributed by atoms with Crippen molar-refractivity contribution in [2.24, 2.45) is 0 Å². The number of amides is 2. The Hall–Kier alpha value is -4.14. The van der Waals surface area contributed by atoms with E-state index in [1.165, 1.54) is 17.0 Å². The van der Waals surface area contributed by atoms with Crippen molar-refractivity contribution in [1.82, 2.24) is 10.2 Å². The van der Waals surface area contributed by atoms with E-state index < -0.39 is 28.5 Å². The lowest BCUT2D eigenvalue weighted by molar-refractivity contribution is -0.140. The van der Waals surface area contributed by atoms with Crippen LogP contribution in [0.25, 0.3) is 0 Å². The molecule has 9 heteroatoms. The van der Waals surface area contributed by atoms with Crippen molar-refractivity contribution in [3.8, 4) is 0 Å². The molecular formula is C33H34ClN3O4S. The molecule has 0 bridgehead atoms. The Balaban J connectivity index is 1.78. The van der Waals surface area contributed by atoms with E-state index in [1.807, 2.05) is 67.6 Å². The van der Waals surface area contributed by atoms with Crippen LogP contribution in [0, 0.1) is 0 Å². The predicted molar refractivity (Wildman–Crippen MR) is 167 cm³/mol. The fraction of sp³-hybridized carbons (Fsp3) is 0.212. The minimum Gasteiger partial charge on any atom is -0.354 e. The standard InChI is InChI=1S/C33H34ClN3O4S/c1-2-22-35-33(39)31(23-26-14-6-3-7-15-26)36(24-27-16-8-4-9-17-27)32(38)25-37(30-21-13-12-20-29(30)34)42(40,41)28-18-10-5-11-19-28/h3-21,31H,2,22-25H2,1H3,(H,35,39). The van der Waals surface area contributed by atoms with Crippen LogP contribution in [0.1, 0.15) is 24.5 Å². The number of hydrogen-bond donors (Lipinski definition) is 1. The molecule has 1 atom stereocenters. The summed E-state index contributed by atoms with van der Waals surface area (Å²) in [5.74, 6) is -0.842. The van der Waals surface area contributed by atoms with Crippen molar-refractivity contribution in [2.75, 3.05) is 17.4 Å². The molecule has 0 saturated carbocycles. The van der Waals surface area contributed by atoms with Crippen molar-refractivity contribution < 1.29 is 18.0 Å². The van der Waals surface area contributed by atoms with Gasteiger partial charge >= 0.3 is 0 Å². The zero-order valence-corrected chi connectivity index (χ0v) is 25.0. The van der Waals surface area contributed by atoms with Gasteiger partial charge in [0.2, 0.25) is 11.8 Å². The second kappa shape index (κ2) is 14.7. The second-order valence-electron chi connectivity index (χ2n) is 9.78. The SMILES string of the molecule is CCCNC(=O)C(Cc1ccccc1)N(Cc1ccccc1)C(=O)CN(c1ccccc1Cl)S(=O)(=O)c1ccccc1. The van der Waals surface area contributed by atoms with Gasteiger partial charge in [0.1, 0.15) is 12.6 Å². The lowest BCUT2D eigenvalue weighted by atomic mass is 10.0. The summed E-state index contributed by atoms with van der Waals surface area (Å²) in [5, 5.41) is 3.12. The van der Waals surface area contributed by atoms with E-state index in [0.717, 1.165) is 21.9 Å². The fourth-order valence-electron chi connectivity index (χ4n) is 4.59. The Morgan fingerprint density at radius 2 is 1.33 bits per heavy atom. The Kier molecular flexibility index (Phi) is 10.8. The molecule has 0 heterocycles. The molecule has 218 valence electrons. The van der Waals surface area contributed by atoms with Gasteiger partial charge in [-0.05, 0) is 41.8 Å². The average Bonchev–Trinajstić information content (AvgIpc) is 3.02. The Labute approximate surface area is 252 Å². The van der Waals surface area contributed by atoms with Gasteiger partial charge < -0.3 is 10.2 Å². The lowest BCUT2D eigenvalue weighted by Gasteiger charge is -2.34. The van der Waals surface area contributed by atoms with Gasteiger partial charge in [-0.15, -0.1) is 0 Å². The third-order valence-corrected chi connectivity index (χ3v) is 8.84. The Morgan fingerprint density at radius 3 is 1.93 bits per heavy atom. The molecule has 0 aliphatic carbocycles.